The lowest BCUT2D eigenvalue weighted by Gasteiger charge is -2.06. The van der Waals surface area contributed by atoms with E-state index in [1.807, 2.05) is 19.1 Å². The molecule has 0 radical (unpaired) electrons. The molecule has 0 saturated carbocycles. The lowest BCUT2D eigenvalue weighted by molar-refractivity contribution is 0.0947. The Kier molecular flexibility index (Phi) is 6.75. The van der Waals surface area contributed by atoms with E-state index in [2.05, 4.69) is 20.8 Å². The van der Waals surface area contributed by atoms with Crippen molar-refractivity contribution in [1.82, 2.24) is 15.5 Å². The fraction of sp³-hybridized carbons (Fsp3) is 0.130. The fourth-order valence-corrected chi connectivity index (χ4v) is 3.49. The summed E-state index contributed by atoms with van der Waals surface area (Å²) in [6, 6.07) is 16.1. The van der Waals surface area contributed by atoms with Gasteiger partial charge in [-0.25, -0.2) is 4.39 Å². The quantitative estimate of drug-likeness (QED) is 0.400. The number of hydrogen-bond donors (Lipinski definition) is 2. The third kappa shape index (κ3) is 5.80. The maximum absolute atomic E-state index is 13.7. The zero-order chi connectivity index (χ0) is 23.2. The molecule has 0 saturated heterocycles. The van der Waals surface area contributed by atoms with Crippen LogP contribution in [0.25, 0.3) is 0 Å². The average molecular weight is 466 g/mol. The van der Waals surface area contributed by atoms with E-state index in [9.17, 15) is 14.0 Å². The number of para-hydroxylation sites is 1. The second-order valence-electron chi connectivity index (χ2n) is 6.94. The van der Waals surface area contributed by atoms with E-state index in [0.717, 1.165) is 17.1 Å². The van der Waals surface area contributed by atoms with Crippen molar-refractivity contribution in [3.63, 3.8) is 0 Å². The second-order valence-corrected chi connectivity index (χ2v) is 8.01. The van der Waals surface area contributed by atoms with Crippen LogP contribution in [-0.2, 0) is 13.2 Å². The first-order valence-corrected chi connectivity index (χ1v) is 10.7. The third-order valence-electron chi connectivity index (χ3n) is 4.48. The van der Waals surface area contributed by atoms with Gasteiger partial charge in [-0.05, 0) is 55.5 Å². The molecule has 0 unspecified atom stereocenters. The Morgan fingerprint density at radius 1 is 1.03 bits per heavy atom. The highest BCUT2D eigenvalue weighted by molar-refractivity contribution is 7.13. The molecule has 0 aliphatic carbocycles. The Hall–Kier alpha value is -4.05. The number of halogens is 1. The molecule has 4 rings (SSSR count). The van der Waals surface area contributed by atoms with Crippen molar-refractivity contribution in [3.05, 3.63) is 93.6 Å². The minimum Gasteiger partial charge on any atom is -0.486 e. The largest absolute Gasteiger partial charge is 0.486 e. The number of furan rings is 1. The van der Waals surface area contributed by atoms with E-state index >= 15 is 0 Å². The third-order valence-corrected chi connectivity index (χ3v) is 5.38. The van der Waals surface area contributed by atoms with Gasteiger partial charge in [0.25, 0.3) is 11.8 Å². The van der Waals surface area contributed by atoms with Gasteiger partial charge in [0.05, 0.1) is 12.2 Å². The molecule has 33 heavy (non-hydrogen) atoms. The molecule has 2 amide bonds. The highest BCUT2D eigenvalue weighted by Crippen LogP contribution is 2.19. The van der Waals surface area contributed by atoms with Crippen molar-refractivity contribution >= 4 is 28.8 Å². The predicted octanol–water partition coefficient (Wildman–Crippen LogP) is 4.34. The number of carbonyl (C=O) groups is 2. The van der Waals surface area contributed by atoms with Gasteiger partial charge in [0.1, 0.15) is 29.7 Å². The van der Waals surface area contributed by atoms with Crippen LogP contribution >= 0.6 is 11.3 Å². The molecule has 0 bridgehead atoms. The van der Waals surface area contributed by atoms with Gasteiger partial charge in [0, 0.05) is 5.56 Å². The summed E-state index contributed by atoms with van der Waals surface area (Å²) in [5, 5.41) is 13.6. The van der Waals surface area contributed by atoms with Crippen LogP contribution in [0.2, 0.25) is 0 Å². The van der Waals surface area contributed by atoms with Crippen LogP contribution in [0.3, 0.4) is 0 Å². The molecular weight excluding hydrogens is 447 g/mol. The summed E-state index contributed by atoms with van der Waals surface area (Å²) in [5.74, 6) is 0.677. The summed E-state index contributed by atoms with van der Waals surface area (Å²) in [6.07, 6.45) is 0. The molecule has 2 aromatic carbocycles. The normalized spacial score (nSPS) is 10.6. The van der Waals surface area contributed by atoms with Crippen molar-refractivity contribution in [2.24, 2.45) is 0 Å². The molecule has 0 fully saturated rings. The topological polar surface area (TPSA) is 106 Å². The van der Waals surface area contributed by atoms with Crippen LogP contribution in [0.1, 0.15) is 36.7 Å². The van der Waals surface area contributed by atoms with Crippen LogP contribution in [0.15, 0.2) is 65.1 Å². The summed E-state index contributed by atoms with van der Waals surface area (Å²) in [5.41, 5.74) is 0.549. The number of benzene rings is 2. The highest BCUT2D eigenvalue weighted by atomic mass is 32.1. The summed E-state index contributed by atoms with van der Waals surface area (Å²) in [7, 11) is 0. The van der Waals surface area contributed by atoms with Crippen molar-refractivity contribution in [2.75, 3.05) is 5.32 Å². The smallest absolute Gasteiger partial charge is 0.286 e. The molecule has 4 aromatic rings. The number of hydrogen-bond acceptors (Lipinski definition) is 7. The number of ether oxygens (including phenoxy) is 1. The Morgan fingerprint density at radius 3 is 2.55 bits per heavy atom. The van der Waals surface area contributed by atoms with Crippen molar-refractivity contribution in [2.45, 2.75) is 20.1 Å². The van der Waals surface area contributed by atoms with E-state index < -0.39 is 11.7 Å². The van der Waals surface area contributed by atoms with E-state index in [1.54, 1.807) is 30.3 Å². The SMILES string of the molecule is Cc1ccc(CNC(=O)c2ccc(OCc3nnc(C(=O)Nc4ccccc4F)s3)cc2)o1. The van der Waals surface area contributed by atoms with Crippen molar-refractivity contribution in [3.8, 4) is 5.75 Å². The standard InChI is InChI=1S/C23H19FN4O4S/c1-14-6-9-17(32-14)12-25-21(29)15-7-10-16(11-8-15)31-13-20-27-28-23(33-20)22(30)26-19-5-3-2-4-18(19)24/h2-11H,12-13H2,1H3,(H,25,29)(H,26,30). The van der Waals surface area contributed by atoms with Gasteiger partial charge in [-0.3, -0.25) is 9.59 Å². The fourth-order valence-electron chi connectivity index (χ4n) is 2.84. The lowest BCUT2D eigenvalue weighted by atomic mass is 10.2. The van der Waals surface area contributed by atoms with Crippen LogP contribution in [-0.4, -0.2) is 22.0 Å². The Bertz CT molecular complexity index is 1270. The van der Waals surface area contributed by atoms with E-state index in [-0.39, 0.29) is 23.2 Å². The summed E-state index contributed by atoms with van der Waals surface area (Å²) < 4.78 is 24.8. The van der Waals surface area contributed by atoms with Crippen LogP contribution in [0, 0.1) is 12.7 Å². The molecule has 168 valence electrons. The van der Waals surface area contributed by atoms with Gasteiger partial charge in [-0.2, -0.15) is 0 Å². The second kappa shape index (κ2) is 10.0. The van der Waals surface area contributed by atoms with Crippen LogP contribution in [0.4, 0.5) is 10.1 Å². The Balaban J connectivity index is 1.28. The highest BCUT2D eigenvalue weighted by Gasteiger charge is 2.15. The first kappa shape index (κ1) is 22.2. The number of rotatable bonds is 8. The lowest BCUT2D eigenvalue weighted by Crippen LogP contribution is -2.22. The molecule has 8 nitrogen and oxygen atoms in total. The maximum Gasteiger partial charge on any atom is 0.286 e. The minimum atomic E-state index is -0.552. The van der Waals surface area contributed by atoms with E-state index in [4.69, 9.17) is 9.15 Å². The van der Waals surface area contributed by atoms with Gasteiger partial charge in [0.15, 0.2) is 5.01 Å². The first-order chi connectivity index (χ1) is 16.0. The number of anilines is 1. The molecule has 2 heterocycles. The van der Waals surface area contributed by atoms with Crippen LogP contribution < -0.4 is 15.4 Å². The molecule has 0 aliphatic rings. The molecule has 0 atom stereocenters. The zero-order valence-electron chi connectivity index (χ0n) is 17.5. The zero-order valence-corrected chi connectivity index (χ0v) is 18.3. The predicted molar refractivity (Wildman–Crippen MR) is 120 cm³/mol. The number of aromatic nitrogens is 2. The van der Waals surface area contributed by atoms with E-state index in [0.29, 0.717) is 28.6 Å². The monoisotopic (exact) mass is 466 g/mol. The van der Waals surface area contributed by atoms with Gasteiger partial charge in [-0.1, -0.05) is 23.5 Å². The number of carbonyl (C=O) groups excluding carboxylic acids is 2. The number of aryl methyl sites for hydroxylation is 1. The van der Waals surface area contributed by atoms with Crippen molar-refractivity contribution < 1.29 is 23.1 Å². The Morgan fingerprint density at radius 2 is 1.82 bits per heavy atom. The van der Waals surface area contributed by atoms with Gasteiger partial charge in [0.2, 0.25) is 5.01 Å². The minimum absolute atomic E-state index is 0.0684. The summed E-state index contributed by atoms with van der Waals surface area (Å²) in [4.78, 5) is 24.5. The van der Waals surface area contributed by atoms with Gasteiger partial charge < -0.3 is 19.8 Å². The number of amides is 2. The molecule has 0 spiro atoms. The Labute approximate surface area is 192 Å². The molecule has 10 heteroatoms. The molecule has 2 N–H and O–H groups in total. The molecular formula is C23H19FN4O4S. The molecule has 2 aromatic heterocycles. The number of nitrogens with zero attached hydrogens (tertiary/aromatic N) is 2. The maximum atomic E-state index is 13.7. The number of nitrogens with one attached hydrogen (secondary N) is 2. The average Bonchev–Trinajstić information content (AvgIpc) is 3.47. The van der Waals surface area contributed by atoms with Gasteiger partial charge in [-0.15, -0.1) is 10.2 Å². The first-order valence-electron chi connectivity index (χ1n) is 9.92. The van der Waals surface area contributed by atoms with Crippen LogP contribution in [0.5, 0.6) is 5.75 Å². The summed E-state index contributed by atoms with van der Waals surface area (Å²) in [6.45, 7) is 2.23. The van der Waals surface area contributed by atoms with Gasteiger partial charge >= 0.3 is 0 Å². The van der Waals surface area contributed by atoms with E-state index in [1.165, 1.54) is 18.2 Å². The molecule has 0 aliphatic heterocycles. The van der Waals surface area contributed by atoms with Crippen molar-refractivity contribution in [1.29, 1.82) is 0 Å². The summed E-state index contributed by atoms with van der Waals surface area (Å²) >= 11 is 1.04.